The van der Waals surface area contributed by atoms with Crippen LogP contribution in [0.5, 0.6) is 0 Å². The molecule has 0 aromatic heterocycles. The molecule has 2 aromatic carbocycles. The summed E-state index contributed by atoms with van der Waals surface area (Å²) in [5, 5.41) is 2.80. The van der Waals surface area contributed by atoms with Crippen LogP contribution in [0.2, 0.25) is 0 Å². The van der Waals surface area contributed by atoms with Crippen molar-refractivity contribution in [3.05, 3.63) is 71.8 Å². The second kappa shape index (κ2) is 7.58. The first-order valence-electron chi connectivity index (χ1n) is 7.70. The molecule has 0 aliphatic rings. The summed E-state index contributed by atoms with van der Waals surface area (Å²) in [4.78, 5) is 24.2. The number of hydrogen-bond acceptors (Lipinski definition) is 2. The molecular formula is C19H22N2O2. The summed E-state index contributed by atoms with van der Waals surface area (Å²) in [5.74, 6) is -1.27. The van der Waals surface area contributed by atoms with E-state index in [0.717, 1.165) is 11.1 Å². The molecule has 0 saturated heterocycles. The summed E-state index contributed by atoms with van der Waals surface area (Å²) in [7, 11) is 0. The quantitative estimate of drug-likeness (QED) is 0.860. The van der Waals surface area contributed by atoms with E-state index in [-0.39, 0.29) is 17.7 Å². The van der Waals surface area contributed by atoms with Gasteiger partial charge < -0.3 is 11.1 Å². The zero-order valence-corrected chi connectivity index (χ0v) is 13.4. The van der Waals surface area contributed by atoms with Gasteiger partial charge in [0, 0.05) is 11.8 Å². The van der Waals surface area contributed by atoms with Gasteiger partial charge in [-0.05, 0) is 11.1 Å². The Balaban J connectivity index is 2.46. The van der Waals surface area contributed by atoms with Crippen LogP contribution in [0.1, 0.15) is 30.9 Å². The first-order valence-corrected chi connectivity index (χ1v) is 7.70. The first kappa shape index (κ1) is 16.7. The summed E-state index contributed by atoms with van der Waals surface area (Å²) in [6, 6.07) is 18.4. The van der Waals surface area contributed by atoms with Crippen LogP contribution in [-0.4, -0.2) is 17.9 Å². The van der Waals surface area contributed by atoms with Crippen molar-refractivity contribution in [3.63, 3.8) is 0 Å². The van der Waals surface area contributed by atoms with Gasteiger partial charge in [-0.3, -0.25) is 9.59 Å². The molecule has 0 radical (unpaired) electrons. The number of carbonyl (C=O) groups is 2. The maximum Gasteiger partial charge on any atom is 0.240 e. The molecule has 2 amide bonds. The predicted octanol–water partition coefficient (Wildman–Crippen LogP) is 2.44. The van der Waals surface area contributed by atoms with Gasteiger partial charge in [0.1, 0.15) is 6.04 Å². The third-order valence-electron chi connectivity index (χ3n) is 3.78. The topological polar surface area (TPSA) is 72.2 Å². The van der Waals surface area contributed by atoms with E-state index in [9.17, 15) is 9.59 Å². The lowest BCUT2D eigenvalue weighted by Gasteiger charge is -2.27. The molecule has 0 aliphatic heterocycles. The molecule has 3 N–H and O–H groups in total. The summed E-state index contributed by atoms with van der Waals surface area (Å²) in [5.41, 5.74) is 7.48. The Labute approximate surface area is 136 Å². The molecule has 0 bridgehead atoms. The first-order chi connectivity index (χ1) is 11.0. The Morgan fingerprint density at radius 3 is 1.65 bits per heavy atom. The van der Waals surface area contributed by atoms with Crippen LogP contribution in [0.4, 0.5) is 0 Å². The molecule has 0 fully saturated rings. The number of hydrogen-bond donors (Lipinski definition) is 2. The van der Waals surface area contributed by atoms with Crippen molar-refractivity contribution < 1.29 is 9.59 Å². The van der Waals surface area contributed by atoms with Gasteiger partial charge in [0.2, 0.25) is 11.8 Å². The standard InChI is InChI=1S/C19H22N2O2/c1-13(2)19(23)21-17(18(20)22)16(14-9-5-3-6-10-14)15-11-7-4-8-12-15/h3-13,16-17H,1-2H3,(H2,20,22)(H,21,23)/t17-/m1/s1. The van der Waals surface area contributed by atoms with Gasteiger partial charge in [0.05, 0.1) is 0 Å². The van der Waals surface area contributed by atoms with Gasteiger partial charge in [-0.2, -0.15) is 0 Å². The maximum absolute atomic E-state index is 12.1. The van der Waals surface area contributed by atoms with E-state index < -0.39 is 11.9 Å². The fourth-order valence-electron chi connectivity index (χ4n) is 2.54. The van der Waals surface area contributed by atoms with Crippen molar-refractivity contribution in [3.8, 4) is 0 Å². The Bertz CT molecular complexity index is 614. The van der Waals surface area contributed by atoms with Crippen LogP contribution in [0, 0.1) is 5.92 Å². The molecular weight excluding hydrogens is 288 g/mol. The Kier molecular flexibility index (Phi) is 5.52. The zero-order chi connectivity index (χ0) is 16.8. The SMILES string of the molecule is CC(C)C(=O)N[C@@H](C(N)=O)C(c1ccccc1)c1ccccc1. The minimum atomic E-state index is -0.797. The molecule has 2 rings (SSSR count). The van der Waals surface area contributed by atoms with Crippen LogP contribution in [0.15, 0.2) is 60.7 Å². The lowest BCUT2D eigenvalue weighted by molar-refractivity contribution is -0.129. The second-order valence-electron chi connectivity index (χ2n) is 5.84. The normalized spacial score (nSPS) is 12.2. The monoisotopic (exact) mass is 310 g/mol. The van der Waals surface area contributed by atoms with E-state index >= 15 is 0 Å². The molecule has 0 saturated carbocycles. The third-order valence-corrected chi connectivity index (χ3v) is 3.78. The highest BCUT2D eigenvalue weighted by atomic mass is 16.2. The van der Waals surface area contributed by atoms with Crippen molar-refractivity contribution in [1.29, 1.82) is 0 Å². The molecule has 23 heavy (non-hydrogen) atoms. The molecule has 0 unspecified atom stereocenters. The van der Waals surface area contributed by atoms with Crippen molar-refractivity contribution in [2.45, 2.75) is 25.8 Å². The van der Waals surface area contributed by atoms with Crippen LogP contribution in [-0.2, 0) is 9.59 Å². The van der Waals surface area contributed by atoms with Crippen molar-refractivity contribution >= 4 is 11.8 Å². The lowest BCUT2D eigenvalue weighted by atomic mass is 9.84. The van der Waals surface area contributed by atoms with Crippen LogP contribution >= 0.6 is 0 Å². The Morgan fingerprint density at radius 2 is 1.30 bits per heavy atom. The van der Waals surface area contributed by atoms with Crippen molar-refractivity contribution in [2.75, 3.05) is 0 Å². The highest BCUT2D eigenvalue weighted by molar-refractivity contribution is 5.88. The Morgan fingerprint density at radius 1 is 0.870 bits per heavy atom. The van der Waals surface area contributed by atoms with E-state index in [1.54, 1.807) is 13.8 Å². The fraction of sp³-hybridized carbons (Fsp3) is 0.263. The van der Waals surface area contributed by atoms with Gasteiger partial charge in [-0.15, -0.1) is 0 Å². The highest BCUT2D eigenvalue weighted by Crippen LogP contribution is 2.28. The Hall–Kier alpha value is -2.62. The van der Waals surface area contributed by atoms with Gasteiger partial charge in [-0.25, -0.2) is 0 Å². The predicted molar refractivity (Wildman–Crippen MR) is 90.7 cm³/mol. The average molecular weight is 310 g/mol. The highest BCUT2D eigenvalue weighted by Gasteiger charge is 2.31. The number of primary amides is 1. The number of benzene rings is 2. The summed E-state index contributed by atoms with van der Waals surface area (Å²) < 4.78 is 0. The summed E-state index contributed by atoms with van der Waals surface area (Å²) in [6.07, 6.45) is 0. The van der Waals surface area contributed by atoms with Crippen LogP contribution in [0.25, 0.3) is 0 Å². The molecule has 4 heteroatoms. The number of amides is 2. The van der Waals surface area contributed by atoms with E-state index in [0.29, 0.717) is 0 Å². The van der Waals surface area contributed by atoms with Crippen molar-refractivity contribution in [1.82, 2.24) is 5.32 Å². The number of rotatable bonds is 6. The molecule has 1 atom stereocenters. The number of nitrogens with two attached hydrogens (primary N) is 1. The fourth-order valence-corrected chi connectivity index (χ4v) is 2.54. The second-order valence-corrected chi connectivity index (χ2v) is 5.84. The van der Waals surface area contributed by atoms with Gasteiger partial charge in [0.15, 0.2) is 0 Å². The molecule has 0 spiro atoms. The van der Waals surface area contributed by atoms with E-state index in [2.05, 4.69) is 5.32 Å². The molecule has 120 valence electrons. The van der Waals surface area contributed by atoms with Gasteiger partial charge in [-0.1, -0.05) is 74.5 Å². The van der Waals surface area contributed by atoms with Crippen LogP contribution in [0.3, 0.4) is 0 Å². The minimum Gasteiger partial charge on any atom is -0.368 e. The van der Waals surface area contributed by atoms with Crippen molar-refractivity contribution in [2.24, 2.45) is 11.7 Å². The van der Waals surface area contributed by atoms with E-state index in [1.807, 2.05) is 60.7 Å². The zero-order valence-electron chi connectivity index (χ0n) is 13.4. The smallest absolute Gasteiger partial charge is 0.240 e. The summed E-state index contributed by atoms with van der Waals surface area (Å²) >= 11 is 0. The molecule has 4 nitrogen and oxygen atoms in total. The van der Waals surface area contributed by atoms with Crippen LogP contribution < -0.4 is 11.1 Å². The summed E-state index contributed by atoms with van der Waals surface area (Å²) in [6.45, 7) is 3.57. The molecule has 0 heterocycles. The van der Waals surface area contributed by atoms with Gasteiger partial charge >= 0.3 is 0 Å². The maximum atomic E-state index is 12.1. The number of carbonyl (C=O) groups excluding carboxylic acids is 2. The van der Waals surface area contributed by atoms with Gasteiger partial charge in [0.25, 0.3) is 0 Å². The largest absolute Gasteiger partial charge is 0.368 e. The molecule has 0 aliphatic carbocycles. The lowest BCUT2D eigenvalue weighted by Crippen LogP contribution is -2.49. The minimum absolute atomic E-state index is 0.189. The average Bonchev–Trinajstić information content (AvgIpc) is 2.56. The molecule has 2 aromatic rings. The van der Waals surface area contributed by atoms with E-state index in [1.165, 1.54) is 0 Å². The van der Waals surface area contributed by atoms with E-state index in [4.69, 9.17) is 5.73 Å². The number of nitrogens with one attached hydrogen (secondary N) is 1. The third kappa shape index (κ3) is 4.19.